The minimum absolute atomic E-state index is 0.0132. The molecule has 2 aliphatic heterocycles. The fourth-order valence-corrected chi connectivity index (χ4v) is 6.79. The number of ether oxygens (including phenoxy) is 1. The number of hydrogen-bond acceptors (Lipinski definition) is 5. The van der Waals surface area contributed by atoms with Gasteiger partial charge in [0.05, 0.1) is 23.6 Å². The Hall–Kier alpha value is -4.26. The number of aromatic amines is 1. The molecule has 3 aliphatic rings. The maximum absolute atomic E-state index is 14.5. The molecule has 1 N–H and O–H groups in total. The predicted octanol–water partition coefficient (Wildman–Crippen LogP) is 4.66. The summed E-state index contributed by atoms with van der Waals surface area (Å²) in [6.45, 7) is 4.52. The van der Waals surface area contributed by atoms with Crippen molar-refractivity contribution < 1.29 is 27.9 Å². The molecule has 3 heterocycles. The van der Waals surface area contributed by atoms with E-state index in [-0.39, 0.29) is 60.1 Å². The number of carbonyl (C=O) groups excluding carboxylic acids is 3. The van der Waals surface area contributed by atoms with Crippen LogP contribution in [0.4, 0.5) is 8.78 Å². The lowest BCUT2D eigenvalue weighted by atomic mass is 9.79. The summed E-state index contributed by atoms with van der Waals surface area (Å²) in [5.74, 6) is -1.87. The van der Waals surface area contributed by atoms with Gasteiger partial charge in [-0.2, -0.15) is 5.26 Å². The number of H-pyrrole nitrogens is 1. The monoisotopic (exact) mass is 574 g/mol. The van der Waals surface area contributed by atoms with Gasteiger partial charge in [0.2, 0.25) is 5.91 Å². The van der Waals surface area contributed by atoms with Crippen LogP contribution >= 0.6 is 0 Å². The van der Waals surface area contributed by atoms with E-state index in [1.807, 2.05) is 32.0 Å². The van der Waals surface area contributed by atoms with Crippen LogP contribution in [0.15, 0.2) is 36.4 Å². The Morgan fingerprint density at radius 2 is 2.00 bits per heavy atom. The van der Waals surface area contributed by atoms with Crippen molar-refractivity contribution in [3.8, 4) is 11.8 Å². The number of halogens is 2. The van der Waals surface area contributed by atoms with Crippen molar-refractivity contribution in [2.45, 2.75) is 63.5 Å². The summed E-state index contributed by atoms with van der Waals surface area (Å²) in [6, 6.07) is 9.30. The Balaban J connectivity index is 1.43. The van der Waals surface area contributed by atoms with Crippen molar-refractivity contribution in [3.05, 3.63) is 64.9 Å². The second-order valence-electron chi connectivity index (χ2n) is 12.0. The number of ketones is 1. The van der Waals surface area contributed by atoms with Gasteiger partial charge < -0.3 is 19.5 Å². The van der Waals surface area contributed by atoms with Gasteiger partial charge in [0.15, 0.2) is 0 Å². The van der Waals surface area contributed by atoms with Gasteiger partial charge in [-0.25, -0.2) is 8.78 Å². The Bertz CT molecular complexity index is 1640. The number of aromatic nitrogens is 1. The first-order valence-corrected chi connectivity index (χ1v) is 14.4. The summed E-state index contributed by atoms with van der Waals surface area (Å²) in [6.07, 6.45) is 1.84. The Kier molecular flexibility index (Phi) is 7.00. The molecule has 6 rings (SSSR count). The molecule has 1 saturated heterocycles. The molecule has 0 radical (unpaired) electrons. The standard InChI is InChI=1S/C32H32F2N4O4/c1-18(2)9-28-31(41)38-17-32(15-21(38)16-35)24-13-22(6-5-19(24)10-29(32)39)42-8-4-3-7-37(28)30(40)27-14-23-25(34)11-20(33)12-26(23)36-27/h5-6,11-14,18,21,28,36H,3-4,7-10,15,17H2,1-2H3/t21-,28-,32-/m0/s1. The van der Waals surface area contributed by atoms with Crippen molar-refractivity contribution in [1.29, 1.82) is 5.26 Å². The number of Topliss-reactive ketones (excluding diaryl/α,β-unsaturated/α-hetero) is 1. The summed E-state index contributed by atoms with van der Waals surface area (Å²) in [5, 5.41) is 10.2. The van der Waals surface area contributed by atoms with E-state index >= 15 is 0 Å². The zero-order valence-corrected chi connectivity index (χ0v) is 23.6. The summed E-state index contributed by atoms with van der Waals surface area (Å²) >= 11 is 0. The predicted molar refractivity (Wildman–Crippen MR) is 150 cm³/mol. The Labute approximate surface area is 242 Å². The van der Waals surface area contributed by atoms with E-state index in [9.17, 15) is 28.4 Å². The van der Waals surface area contributed by atoms with Crippen LogP contribution in [0.5, 0.6) is 5.75 Å². The highest BCUT2D eigenvalue weighted by molar-refractivity contribution is 6.01. The summed E-state index contributed by atoms with van der Waals surface area (Å²) < 4.78 is 34.4. The highest BCUT2D eigenvalue weighted by atomic mass is 19.1. The molecular formula is C32H32F2N4O4. The molecule has 42 heavy (non-hydrogen) atoms. The topological polar surface area (TPSA) is 106 Å². The normalized spacial score (nSPS) is 24.2. The maximum Gasteiger partial charge on any atom is 0.270 e. The average Bonchev–Trinajstić information content (AvgIpc) is 3.63. The fourth-order valence-electron chi connectivity index (χ4n) is 6.79. The lowest BCUT2D eigenvalue weighted by Crippen LogP contribution is -2.53. The second kappa shape index (κ2) is 10.5. The molecule has 1 fully saturated rings. The maximum atomic E-state index is 14.5. The summed E-state index contributed by atoms with van der Waals surface area (Å²) in [5.41, 5.74) is 0.849. The lowest BCUT2D eigenvalue weighted by molar-refractivity contribution is -0.137. The fraction of sp³-hybridized carbons (Fsp3) is 0.438. The third-order valence-electron chi connectivity index (χ3n) is 8.83. The first-order chi connectivity index (χ1) is 20.1. The highest BCUT2D eigenvalue weighted by Gasteiger charge is 2.56. The summed E-state index contributed by atoms with van der Waals surface area (Å²) in [7, 11) is 0. The van der Waals surface area contributed by atoms with Crippen molar-refractivity contribution in [2.75, 3.05) is 19.7 Å². The van der Waals surface area contributed by atoms with Crippen molar-refractivity contribution >= 4 is 28.5 Å². The van der Waals surface area contributed by atoms with Gasteiger partial charge in [-0.15, -0.1) is 0 Å². The summed E-state index contributed by atoms with van der Waals surface area (Å²) in [4.78, 5) is 47.8. The van der Waals surface area contributed by atoms with Gasteiger partial charge in [-0.05, 0) is 67.0 Å². The third-order valence-corrected chi connectivity index (χ3v) is 8.83. The van der Waals surface area contributed by atoms with Crippen LogP contribution < -0.4 is 4.74 Å². The number of amides is 2. The molecular weight excluding hydrogens is 542 g/mol. The highest BCUT2D eigenvalue weighted by Crippen LogP contribution is 2.47. The van der Waals surface area contributed by atoms with Crippen LogP contribution in [0, 0.1) is 28.9 Å². The zero-order valence-electron chi connectivity index (χ0n) is 23.6. The SMILES string of the molecule is CC(C)C[C@H]1C(=O)N2C[C@]3(C[C@H]2C#N)C(=O)Cc2ccc(cc23)OCCCCN1C(=O)c1cc2c(F)cc(F)cc2[nH]1. The zero-order chi connectivity index (χ0) is 29.8. The second-order valence-corrected chi connectivity index (χ2v) is 12.0. The molecule has 0 unspecified atom stereocenters. The molecule has 2 amide bonds. The number of rotatable bonds is 3. The average molecular weight is 575 g/mol. The Morgan fingerprint density at radius 1 is 1.19 bits per heavy atom. The van der Waals surface area contributed by atoms with Gasteiger partial charge in [0.1, 0.15) is 40.9 Å². The lowest BCUT2D eigenvalue weighted by Gasteiger charge is -2.35. The smallest absolute Gasteiger partial charge is 0.270 e. The van der Waals surface area contributed by atoms with Crippen LogP contribution in [0.3, 0.4) is 0 Å². The number of fused-ring (bicyclic) bond motifs is 3. The number of hydrogen-bond donors (Lipinski definition) is 1. The van der Waals surface area contributed by atoms with Gasteiger partial charge in [-0.1, -0.05) is 19.9 Å². The van der Waals surface area contributed by atoms with Crippen LogP contribution in [0.25, 0.3) is 10.9 Å². The van der Waals surface area contributed by atoms with E-state index in [4.69, 9.17) is 4.74 Å². The minimum Gasteiger partial charge on any atom is -0.494 e. The third kappa shape index (κ3) is 4.61. The molecule has 1 aromatic heterocycles. The molecule has 3 aromatic rings. The van der Waals surface area contributed by atoms with Crippen molar-refractivity contribution in [1.82, 2.24) is 14.8 Å². The van der Waals surface area contributed by atoms with Crippen LogP contribution in [0.2, 0.25) is 0 Å². The molecule has 3 atom stereocenters. The molecule has 0 saturated carbocycles. The van der Waals surface area contributed by atoms with Gasteiger partial charge in [0, 0.05) is 31.0 Å². The van der Waals surface area contributed by atoms with Crippen molar-refractivity contribution in [3.63, 3.8) is 0 Å². The van der Waals surface area contributed by atoms with Crippen LogP contribution in [-0.2, 0) is 21.4 Å². The molecule has 4 bridgehead atoms. The van der Waals surface area contributed by atoms with E-state index in [1.54, 1.807) is 0 Å². The number of benzene rings is 2. The minimum atomic E-state index is -1.01. The number of carbonyl (C=O) groups is 3. The molecule has 218 valence electrons. The quantitative estimate of drug-likeness (QED) is 0.490. The molecule has 1 aliphatic carbocycles. The first-order valence-electron chi connectivity index (χ1n) is 14.4. The molecule has 10 heteroatoms. The number of nitriles is 1. The van der Waals surface area contributed by atoms with E-state index < -0.39 is 35.0 Å². The first kappa shape index (κ1) is 27.9. The number of nitrogens with zero attached hydrogens (tertiary/aromatic N) is 3. The van der Waals surface area contributed by atoms with Gasteiger partial charge in [-0.3, -0.25) is 14.4 Å². The van der Waals surface area contributed by atoms with Crippen molar-refractivity contribution in [2.24, 2.45) is 5.92 Å². The largest absolute Gasteiger partial charge is 0.494 e. The van der Waals surface area contributed by atoms with Gasteiger partial charge >= 0.3 is 0 Å². The molecule has 8 nitrogen and oxygen atoms in total. The molecule has 1 spiro atoms. The van der Waals surface area contributed by atoms with Gasteiger partial charge in [0.25, 0.3) is 5.91 Å². The molecule has 2 aromatic carbocycles. The van der Waals surface area contributed by atoms with E-state index in [1.165, 1.54) is 15.9 Å². The van der Waals surface area contributed by atoms with E-state index in [0.29, 0.717) is 31.6 Å². The number of nitrogens with one attached hydrogen (secondary N) is 1. The van der Waals surface area contributed by atoms with E-state index in [2.05, 4.69) is 11.1 Å². The van der Waals surface area contributed by atoms with Crippen LogP contribution in [0.1, 0.15) is 61.1 Å². The Morgan fingerprint density at radius 3 is 2.76 bits per heavy atom. The van der Waals surface area contributed by atoms with E-state index in [0.717, 1.165) is 23.3 Å². The van der Waals surface area contributed by atoms with Crippen LogP contribution in [-0.4, -0.2) is 64.2 Å².